The minimum atomic E-state index is -3.19. The molecule has 0 radical (unpaired) electrons. The molecular formula is C16H17NO6S. The summed E-state index contributed by atoms with van der Waals surface area (Å²) in [6.45, 7) is 1.72. The summed E-state index contributed by atoms with van der Waals surface area (Å²) >= 11 is 0. The summed E-state index contributed by atoms with van der Waals surface area (Å²) in [7, 11) is -3.19. The fourth-order valence-electron chi connectivity index (χ4n) is 2.22. The molecule has 0 saturated heterocycles. The molecule has 8 heteroatoms. The van der Waals surface area contributed by atoms with E-state index in [1.807, 2.05) is 0 Å². The molecule has 2 N–H and O–H groups in total. The third-order valence-corrected chi connectivity index (χ3v) is 4.06. The lowest BCUT2D eigenvalue weighted by Crippen LogP contribution is -2.11. The summed E-state index contributed by atoms with van der Waals surface area (Å²) in [4.78, 5) is 23.3. The minimum Gasteiger partial charge on any atom is -0.478 e. The summed E-state index contributed by atoms with van der Waals surface area (Å²) in [6.07, 6.45) is 1.47. The van der Waals surface area contributed by atoms with Crippen LogP contribution in [0.15, 0.2) is 34.7 Å². The average Bonchev–Trinajstić information content (AvgIpc) is 2.90. The highest BCUT2D eigenvalue weighted by Gasteiger charge is 2.20. The fourth-order valence-corrected chi connectivity index (χ4v) is 3.00. The molecule has 2 rings (SSSR count). The van der Waals surface area contributed by atoms with Crippen LogP contribution in [0.3, 0.4) is 0 Å². The van der Waals surface area contributed by atoms with Gasteiger partial charge in [-0.2, -0.15) is 0 Å². The predicted octanol–water partition coefficient (Wildman–Crippen LogP) is 2.34. The van der Waals surface area contributed by atoms with E-state index in [2.05, 4.69) is 5.32 Å². The van der Waals surface area contributed by atoms with E-state index in [-0.39, 0.29) is 22.8 Å². The zero-order chi connectivity index (χ0) is 17.9. The molecule has 0 fully saturated rings. The van der Waals surface area contributed by atoms with Crippen molar-refractivity contribution in [1.82, 2.24) is 0 Å². The Hall–Kier alpha value is -2.61. The lowest BCUT2D eigenvalue weighted by molar-refractivity contribution is 0.0694. The molecule has 0 bridgehead atoms. The van der Waals surface area contributed by atoms with Gasteiger partial charge in [-0.25, -0.2) is 13.2 Å². The number of carboxylic acid groups (broad SMARTS) is 1. The van der Waals surface area contributed by atoms with Gasteiger partial charge in [-0.1, -0.05) is 19.1 Å². The maximum Gasteiger partial charge on any atom is 0.339 e. The summed E-state index contributed by atoms with van der Waals surface area (Å²) in [5.41, 5.74) is 0.885. The number of amides is 1. The van der Waals surface area contributed by atoms with Crippen molar-refractivity contribution >= 4 is 27.4 Å². The Bertz CT molecular complexity index is 882. The quantitative estimate of drug-likeness (QED) is 0.826. The molecule has 0 spiro atoms. The number of carbonyl (C=O) groups excluding carboxylic acids is 1. The van der Waals surface area contributed by atoms with Gasteiger partial charge in [0.25, 0.3) is 5.91 Å². The van der Waals surface area contributed by atoms with E-state index < -0.39 is 21.7 Å². The predicted molar refractivity (Wildman–Crippen MR) is 88.0 cm³/mol. The fraction of sp³-hybridized carbons (Fsp3) is 0.250. The highest BCUT2D eigenvalue weighted by Crippen LogP contribution is 2.19. The number of sulfone groups is 1. The van der Waals surface area contributed by atoms with Crippen LogP contribution in [0.25, 0.3) is 0 Å². The molecule has 0 unspecified atom stereocenters. The maximum atomic E-state index is 12.2. The molecule has 1 aromatic carbocycles. The Morgan fingerprint density at radius 3 is 2.50 bits per heavy atom. The topological polar surface area (TPSA) is 114 Å². The van der Waals surface area contributed by atoms with Crippen LogP contribution < -0.4 is 5.32 Å². The number of anilines is 1. The highest BCUT2D eigenvalue weighted by molar-refractivity contribution is 7.89. The SMILES string of the molecule is CCc1oc(C(=O)Nc2cccc(CS(C)(=O)=O)c2)cc1C(=O)O. The van der Waals surface area contributed by atoms with Crippen molar-refractivity contribution in [2.45, 2.75) is 19.1 Å². The molecule has 24 heavy (non-hydrogen) atoms. The second kappa shape index (κ2) is 6.88. The number of furan rings is 1. The van der Waals surface area contributed by atoms with Gasteiger partial charge in [-0.15, -0.1) is 0 Å². The zero-order valence-electron chi connectivity index (χ0n) is 13.2. The molecule has 0 aliphatic carbocycles. The van der Waals surface area contributed by atoms with Crippen LogP contribution in [0.1, 0.15) is 39.2 Å². The standard InChI is InChI=1S/C16H17NO6S/c1-3-13-12(16(19)20)8-14(23-13)15(18)17-11-6-4-5-10(7-11)9-24(2,21)22/h4-8H,3,9H2,1-2H3,(H,17,18)(H,19,20). The first kappa shape index (κ1) is 17.7. The van der Waals surface area contributed by atoms with Crippen molar-refractivity contribution in [3.05, 3.63) is 53.0 Å². The van der Waals surface area contributed by atoms with Gasteiger partial charge >= 0.3 is 5.97 Å². The Morgan fingerprint density at radius 2 is 1.96 bits per heavy atom. The number of rotatable bonds is 6. The van der Waals surface area contributed by atoms with E-state index in [9.17, 15) is 18.0 Å². The van der Waals surface area contributed by atoms with E-state index in [1.165, 1.54) is 6.07 Å². The van der Waals surface area contributed by atoms with Crippen LogP contribution in [-0.4, -0.2) is 31.7 Å². The van der Waals surface area contributed by atoms with Crippen LogP contribution in [0.4, 0.5) is 5.69 Å². The maximum absolute atomic E-state index is 12.2. The molecule has 1 heterocycles. The van der Waals surface area contributed by atoms with E-state index in [4.69, 9.17) is 9.52 Å². The summed E-state index contributed by atoms with van der Waals surface area (Å²) in [5.74, 6) is -1.80. The van der Waals surface area contributed by atoms with Crippen molar-refractivity contribution in [3.8, 4) is 0 Å². The molecular weight excluding hydrogens is 334 g/mol. The van der Waals surface area contributed by atoms with Gasteiger partial charge < -0.3 is 14.8 Å². The first-order valence-electron chi connectivity index (χ1n) is 7.13. The van der Waals surface area contributed by atoms with Gasteiger partial charge in [-0.05, 0) is 17.7 Å². The molecule has 1 amide bonds. The number of carbonyl (C=O) groups is 2. The van der Waals surface area contributed by atoms with E-state index in [1.54, 1.807) is 31.2 Å². The Labute approximate surface area is 139 Å². The molecule has 0 saturated carbocycles. The number of carboxylic acids is 1. The van der Waals surface area contributed by atoms with Crippen molar-refractivity contribution in [2.75, 3.05) is 11.6 Å². The summed E-state index contributed by atoms with van der Waals surface area (Å²) < 4.78 is 28.0. The third kappa shape index (κ3) is 4.45. The molecule has 0 aliphatic heterocycles. The first-order chi connectivity index (χ1) is 11.2. The van der Waals surface area contributed by atoms with E-state index >= 15 is 0 Å². The molecule has 1 aromatic heterocycles. The van der Waals surface area contributed by atoms with Gasteiger partial charge in [0.05, 0.1) is 5.75 Å². The van der Waals surface area contributed by atoms with Crippen molar-refractivity contribution in [1.29, 1.82) is 0 Å². The van der Waals surface area contributed by atoms with Gasteiger partial charge in [0.15, 0.2) is 15.6 Å². The number of aryl methyl sites for hydroxylation is 1. The van der Waals surface area contributed by atoms with Crippen molar-refractivity contribution in [3.63, 3.8) is 0 Å². The van der Waals surface area contributed by atoms with Crippen LogP contribution in [0.5, 0.6) is 0 Å². The third-order valence-electron chi connectivity index (χ3n) is 3.20. The second-order valence-electron chi connectivity index (χ2n) is 5.33. The second-order valence-corrected chi connectivity index (χ2v) is 7.47. The molecule has 2 aromatic rings. The Kier molecular flexibility index (Phi) is 5.08. The number of hydrogen-bond acceptors (Lipinski definition) is 5. The zero-order valence-corrected chi connectivity index (χ0v) is 14.0. The molecule has 0 atom stereocenters. The van der Waals surface area contributed by atoms with Crippen molar-refractivity contribution < 1.29 is 27.5 Å². The van der Waals surface area contributed by atoms with Gasteiger partial charge in [0.2, 0.25) is 0 Å². The lowest BCUT2D eigenvalue weighted by Gasteiger charge is -2.05. The Morgan fingerprint density at radius 1 is 1.25 bits per heavy atom. The number of hydrogen-bond donors (Lipinski definition) is 2. The number of nitrogens with one attached hydrogen (secondary N) is 1. The summed E-state index contributed by atoms with van der Waals surface area (Å²) in [6, 6.07) is 7.59. The van der Waals surface area contributed by atoms with Crippen molar-refractivity contribution in [2.24, 2.45) is 0 Å². The van der Waals surface area contributed by atoms with Gasteiger partial charge in [0.1, 0.15) is 11.3 Å². The van der Waals surface area contributed by atoms with Crippen LogP contribution in [0.2, 0.25) is 0 Å². The average molecular weight is 351 g/mol. The number of benzene rings is 1. The summed E-state index contributed by atoms with van der Waals surface area (Å²) in [5, 5.41) is 11.6. The monoisotopic (exact) mass is 351 g/mol. The normalized spacial score (nSPS) is 11.2. The van der Waals surface area contributed by atoms with E-state index in [0.717, 1.165) is 6.26 Å². The molecule has 128 valence electrons. The largest absolute Gasteiger partial charge is 0.478 e. The molecule has 0 aliphatic rings. The van der Waals surface area contributed by atoms with Gasteiger partial charge in [0, 0.05) is 24.4 Å². The van der Waals surface area contributed by atoms with Gasteiger partial charge in [-0.3, -0.25) is 4.79 Å². The van der Waals surface area contributed by atoms with Crippen LogP contribution in [0, 0.1) is 0 Å². The first-order valence-corrected chi connectivity index (χ1v) is 9.19. The van der Waals surface area contributed by atoms with Crippen LogP contribution in [-0.2, 0) is 22.0 Å². The molecule has 7 nitrogen and oxygen atoms in total. The smallest absolute Gasteiger partial charge is 0.339 e. The van der Waals surface area contributed by atoms with E-state index in [0.29, 0.717) is 17.7 Å². The van der Waals surface area contributed by atoms with Crippen LogP contribution >= 0.6 is 0 Å². The number of aromatic carboxylic acids is 1. The Balaban J connectivity index is 2.21. The minimum absolute atomic E-state index is 0.0477. The lowest BCUT2D eigenvalue weighted by atomic mass is 10.2. The highest BCUT2D eigenvalue weighted by atomic mass is 32.2.